The molecule has 0 bridgehead atoms. The number of aliphatic hydroxyl groups excluding tert-OH is 1. The molecular formula is C18H22FN3O3. The molecular weight excluding hydrogens is 325 g/mol. The molecule has 2 N–H and O–H groups in total. The summed E-state index contributed by atoms with van der Waals surface area (Å²) in [5.41, 5.74) is 1.77. The Morgan fingerprint density at radius 1 is 1.40 bits per heavy atom. The standard InChI is InChI=1S/C18H22FN3O3/c1-11-9-16(21-25-11)18(24)20-12(2)15-10-13(19)3-4-17(15)22-7-5-14(23)6-8-22/h3-4,9-10,12,14,23H,5-8H2,1-2H3,(H,20,24)/t12-/m1/s1. The Balaban J connectivity index is 1.80. The van der Waals surface area contributed by atoms with Gasteiger partial charge in [0.2, 0.25) is 0 Å². The summed E-state index contributed by atoms with van der Waals surface area (Å²) >= 11 is 0. The molecule has 1 amide bonds. The average Bonchev–Trinajstić information content (AvgIpc) is 3.02. The van der Waals surface area contributed by atoms with Gasteiger partial charge in [0.15, 0.2) is 5.69 Å². The number of aliphatic hydroxyl groups is 1. The quantitative estimate of drug-likeness (QED) is 0.889. The van der Waals surface area contributed by atoms with Crippen molar-refractivity contribution in [3.8, 4) is 0 Å². The molecule has 1 aliphatic heterocycles. The highest BCUT2D eigenvalue weighted by Gasteiger charge is 2.23. The van der Waals surface area contributed by atoms with Crippen molar-refractivity contribution in [1.29, 1.82) is 0 Å². The fourth-order valence-electron chi connectivity index (χ4n) is 3.09. The molecule has 1 atom stereocenters. The van der Waals surface area contributed by atoms with Gasteiger partial charge in [0.25, 0.3) is 5.91 Å². The van der Waals surface area contributed by atoms with Crippen molar-refractivity contribution in [1.82, 2.24) is 10.5 Å². The van der Waals surface area contributed by atoms with Crippen LogP contribution < -0.4 is 10.2 Å². The number of nitrogens with one attached hydrogen (secondary N) is 1. The summed E-state index contributed by atoms with van der Waals surface area (Å²) in [6, 6.07) is 5.74. The zero-order chi connectivity index (χ0) is 18.0. The van der Waals surface area contributed by atoms with E-state index in [1.54, 1.807) is 19.1 Å². The van der Waals surface area contributed by atoms with Crippen molar-refractivity contribution < 1.29 is 18.8 Å². The SMILES string of the molecule is Cc1cc(C(=O)N[C@H](C)c2cc(F)ccc2N2CCC(O)CC2)no1. The van der Waals surface area contributed by atoms with Crippen LogP contribution in [-0.4, -0.2) is 35.4 Å². The number of nitrogens with zero attached hydrogens (tertiary/aromatic N) is 2. The second-order valence-corrected chi connectivity index (χ2v) is 6.44. The first-order valence-electron chi connectivity index (χ1n) is 8.40. The Hall–Kier alpha value is -2.41. The number of carbonyl (C=O) groups excluding carboxylic acids is 1. The minimum Gasteiger partial charge on any atom is -0.393 e. The van der Waals surface area contributed by atoms with Gasteiger partial charge in [-0.3, -0.25) is 4.79 Å². The second-order valence-electron chi connectivity index (χ2n) is 6.44. The minimum absolute atomic E-state index is 0.198. The van der Waals surface area contributed by atoms with Gasteiger partial charge in [0, 0.05) is 30.4 Å². The molecule has 0 saturated carbocycles. The summed E-state index contributed by atoms with van der Waals surface area (Å²) in [7, 11) is 0. The maximum Gasteiger partial charge on any atom is 0.273 e. The van der Waals surface area contributed by atoms with E-state index < -0.39 is 6.04 Å². The smallest absolute Gasteiger partial charge is 0.273 e. The Bertz CT molecular complexity index is 754. The maximum absolute atomic E-state index is 13.8. The molecule has 2 heterocycles. The van der Waals surface area contributed by atoms with Gasteiger partial charge in [-0.15, -0.1) is 0 Å². The van der Waals surface area contributed by atoms with Crippen LogP contribution >= 0.6 is 0 Å². The van der Waals surface area contributed by atoms with Gasteiger partial charge in [0.05, 0.1) is 12.1 Å². The van der Waals surface area contributed by atoms with Gasteiger partial charge in [0.1, 0.15) is 11.6 Å². The molecule has 0 unspecified atom stereocenters. The molecule has 1 fully saturated rings. The second kappa shape index (κ2) is 7.23. The fourth-order valence-corrected chi connectivity index (χ4v) is 3.09. The lowest BCUT2D eigenvalue weighted by Crippen LogP contribution is -2.37. The minimum atomic E-state index is -0.401. The first-order valence-corrected chi connectivity index (χ1v) is 8.40. The maximum atomic E-state index is 13.8. The summed E-state index contributed by atoms with van der Waals surface area (Å²) in [6.45, 7) is 4.91. The number of halogens is 1. The number of aromatic nitrogens is 1. The Morgan fingerprint density at radius 2 is 2.12 bits per heavy atom. The Labute approximate surface area is 145 Å². The largest absolute Gasteiger partial charge is 0.393 e. The third-order valence-electron chi connectivity index (χ3n) is 4.47. The normalized spacial score (nSPS) is 16.7. The molecule has 7 heteroatoms. The molecule has 0 spiro atoms. The highest BCUT2D eigenvalue weighted by molar-refractivity contribution is 5.92. The molecule has 2 aromatic rings. The molecule has 1 aromatic carbocycles. The molecule has 6 nitrogen and oxygen atoms in total. The number of aryl methyl sites for hydroxylation is 1. The van der Waals surface area contributed by atoms with Crippen molar-refractivity contribution >= 4 is 11.6 Å². The van der Waals surface area contributed by atoms with E-state index in [0.29, 0.717) is 37.3 Å². The summed E-state index contributed by atoms with van der Waals surface area (Å²) in [5.74, 6) is -0.168. The highest BCUT2D eigenvalue weighted by atomic mass is 19.1. The number of benzene rings is 1. The van der Waals surface area contributed by atoms with Crippen molar-refractivity contribution in [3.05, 3.63) is 47.1 Å². The number of hydrogen-bond donors (Lipinski definition) is 2. The van der Waals surface area contributed by atoms with E-state index in [0.717, 1.165) is 5.69 Å². The van der Waals surface area contributed by atoms with Crippen LogP contribution in [0.1, 0.15) is 47.6 Å². The predicted octanol–water partition coefficient (Wildman–Crippen LogP) is 2.57. The van der Waals surface area contributed by atoms with Gasteiger partial charge in [-0.1, -0.05) is 5.16 Å². The van der Waals surface area contributed by atoms with Gasteiger partial charge >= 0.3 is 0 Å². The zero-order valence-electron chi connectivity index (χ0n) is 14.3. The Kier molecular flexibility index (Phi) is 5.03. The molecule has 25 heavy (non-hydrogen) atoms. The average molecular weight is 347 g/mol. The van der Waals surface area contributed by atoms with Crippen molar-refractivity contribution in [2.24, 2.45) is 0 Å². The van der Waals surface area contributed by atoms with Crippen LogP contribution in [0.4, 0.5) is 10.1 Å². The van der Waals surface area contributed by atoms with Crippen LogP contribution in [-0.2, 0) is 0 Å². The number of carbonyl (C=O) groups is 1. The van der Waals surface area contributed by atoms with E-state index >= 15 is 0 Å². The third kappa shape index (κ3) is 3.99. The number of anilines is 1. The molecule has 0 radical (unpaired) electrons. The van der Waals surface area contributed by atoms with Crippen LogP contribution in [0.15, 0.2) is 28.8 Å². The van der Waals surface area contributed by atoms with Gasteiger partial charge in [-0.05, 0) is 44.9 Å². The lowest BCUT2D eigenvalue weighted by molar-refractivity contribution is 0.0930. The van der Waals surface area contributed by atoms with E-state index in [9.17, 15) is 14.3 Å². The number of rotatable bonds is 4. The summed E-state index contributed by atoms with van der Waals surface area (Å²) in [5, 5.41) is 16.2. The topological polar surface area (TPSA) is 78.6 Å². The molecule has 1 saturated heterocycles. The molecule has 134 valence electrons. The van der Waals surface area contributed by atoms with E-state index in [1.165, 1.54) is 12.1 Å². The molecule has 3 rings (SSSR count). The third-order valence-corrected chi connectivity index (χ3v) is 4.47. The van der Waals surface area contributed by atoms with E-state index in [4.69, 9.17) is 4.52 Å². The van der Waals surface area contributed by atoms with Crippen molar-refractivity contribution in [2.45, 2.75) is 38.8 Å². The van der Waals surface area contributed by atoms with E-state index in [-0.39, 0.29) is 23.5 Å². The number of hydrogen-bond acceptors (Lipinski definition) is 5. The zero-order valence-corrected chi connectivity index (χ0v) is 14.3. The van der Waals surface area contributed by atoms with Crippen LogP contribution in [0, 0.1) is 12.7 Å². The molecule has 1 aromatic heterocycles. The summed E-state index contributed by atoms with van der Waals surface area (Å²) < 4.78 is 18.7. The van der Waals surface area contributed by atoms with Gasteiger partial charge in [-0.2, -0.15) is 0 Å². The monoisotopic (exact) mass is 347 g/mol. The Morgan fingerprint density at radius 3 is 2.76 bits per heavy atom. The van der Waals surface area contributed by atoms with Crippen LogP contribution in [0.25, 0.3) is 0 Å². The summed E-state index contributed by atoms with van der Waals surface area (Å²) in [4.78, 5) is 14.4. The summed E-state index contributed by atoms with van der Waals surface area (Å²) in [6.07, 6.45) is 1.07. The van der Waals surface area contributed by atoms with Gasteiger partial charge in [-0.25, -0.2) is 4.39 Å². The predicted molar refractivity (Wildman–Crippen MR) is 91.0 cm³/mol. The van der Waals surface area contributed by atoms with Crippen LogP contribution in [0.2, 0.25) is 0 Å². The molecule has 0 aliphatic carbocycles. The number of piperidine rings is 1. The number of amides is 1. The lowest BCUT2D eigenvalue weighted by Gasteiger charge is -2.34. The molecule has 1 aliphatic rings. The first-order chi connectivity index (χ1) is 11.9. The van der Waals surface area contributed by atoms with Gasteiger partial charge < -0.3 is 19.8 Å². The lowest BCUT2D eigenvalue weighted by atomic mass is 10.0. The first kappa shape index (κ1) is 17.4. The van der Waals surface area contributed by atoms with Crippen molar-refractivity contribution in [3.63, 3.8) is 0 Å². The van der Waals surface area contributed by atoms with Crippen LogP contribution in [0.5, 0.6) is 0 Å². The van der Waals surface area contributed by atoms with Crippen LogP contribution in [0.3, 0.4) is 0 Å². The van der Waals surface area contributed by atoms with Crippen molar-refractivity contribution in [2.75, 3.05) is 18.0 Å². The van der Waals surface area contributed by atoms with E-state index in [1.807, 2.05) is 6.92 Å². The fraction of sp³-hybridized carbons (Fsp3) is 0.444. The van der Waals surface area contributed by atoms with E-state index in [2.05, 4.69) is 15.4 Å². The highest BCUT2D eigenvalue weighted by Crippen LogP contribution is 2.30.